The lowest BCUT2D eigenvalue weighted by Gasteiger charge is -2.09. The molecule has 1 heterocycles. The molecule has 0 saturated heterocycles. The van der Waals surface area contributed by atoms with Gasteiger partial charge in [0.2, 0.25) is 0 Å². The van der Waals surface area contributed by atoms with Crippen molar-refractivity contribution >= 4 is 11.7 Å². The Morgan fingerprint density at radius 2 is 2.29 bits per heavy atom. The quantitative estimate of drug-likeness (QED) is 0.688. The van der Waals surface area contributed by atoms with Crippen LogP contribution in [0.15, 0.2) is 18.2 Å². The van der Waals surface area contributed by atoms with E-state index in [4.69, 9.17) is 4.74 Å². The third kappa shape index (κ3) is 1.45. The van der Waals surface area contributed by atoms with Crippen LogP contribution in [0.3, 0.4) is 0 Å². The average molecular weight is 191 g/mol. The van der Waals surface area contributed by atoms with Crippen molar-refractivity contribution < 1.29 is 9.53 Å². The number of nitrogens with one attached hydrogen (secondary N) is 1. The van der Waals surface area contributed by atoms with Gasteiger partial charge in [-0.25, -0.2) is 4.79 Å². The van der Waals surface area contributed by atoms with E-state index in [1.54, 1.807) is 0 Å². The number of carbonyl (C=O) groups excluding carboxylic acids is 1. The van der Waals surface area contributed by atoms with Crippen molar-refractivity contribution in [3.05, 3.63) is 29.3 Å². The molecule has 1 aromatic rings. The van der Waals surface area contributed by atoms with Crippen molar-refractivity contribution in [2.75, 3.05) is 19.0 Å². The lowest BCUT2D eigenvalue weighted by molar-refractivity contribution is 0.0513. The van der Waals surface area contributed by atoms with Gasteiger partial charge < -0.3 is 10.1 Å². The standard InChI is InChI=1S/C11H13NO2/c1-12-10-6-2-4-9-8(10)5-3-7-14-11(9)13/h2,4,6,12H,3,5,7H2,1H3. The second-order valence-electron chi connectivity index (χ2n) is 3.32. The first-order valence-corrected chi connectivity index (χ1v) is 4.79. The summed E-state index contributed by atoms with van der Waals surface area (Å²) in [4.78, 5) is 11.5. The number of cyclic esters (lactones) is 1. The highest BCUT2D eigenvalue weighted by Gasteiger charge is 2.18. The van der Waals surface area contributed by atoms with Crippen LogP contribution in [0.4, 0.5) is 5.69 Å². The molecule has 0 aliphatic carbocycles. The van der Waals surface area contributed by atoms with Crippen molar-refractivity contribution in [3.8, 4) is 0 Å². The van der Waals surface area contributed by atoms with Crippen molar-refractivity contribution in [2.45, 2.75) is 12.8 Å². The number of anilines is 1. The van der Waals surface area contributed by atoms with E-state index < -0.39 is 0 Å². The first-order chi connectivity index (χ1) is 6.83. The SMILES string of the molecule is CNc1cccc2c1CCCOC2=O. The van der Waals surface area contributed by atoms with E-state index >= 15 is 0 Å². The number of fused-ring (bicyclic) bond motifs is 1. The highest BCUT2D eigenvalue weighted by Crippen LogP contribution is 2.24. The Morgan fingerprint density at radius 3 is 3.07 bits per heavy atom. The first-order valence-electron chi connectivity index (χ1n) is 4.79. The third-order valence-electron chi connectivity index (χ3n) is 2.47. The van der Waals surface area contributed by atoms with E-state index in [1.807, 2.05) is 25.2 Å². The predicted molar refractivity (Wildman–Crippen MR) is 54.6 cm³/mol. The molecule has 1 aliphatic heterocycles. The van der Waals surface area contributed by atoms with Gasteiger partial charge in [-0.1, -0.05) is 6.07 Å². The lowest BCUT2D eigenvalue weighted by atomic mass is 10.0. The Balaban J connectivity index is 2.51. The molecular formula is C11H13NO2. The smallest absolute Gasteiger partial charge is 0.338 e. The van der Waals surface area contributed by atoms with Crippen molar-refractivity contribution in [2.24, 2.45) is 0 Å². The maximum Gasteiger partial charge on any atom is 0.338 e. The minimum atomic E-state index is -0.199. The number of hydrogen-bond donors (Lipinski definition) is 1. The minimum Gasteiger partial charge on any atom is -0.462 e. The number of benzene rings is 1. The van der Waals surface area contributed by atoms with Gasteiger partial charge in [0.05, 0.1) is 12.2 Å². The van der Waals surface area contributed by atoms with Crippen LogP contribution in [0, 0.1) is 0 Å². The monoisotopic (exact) mass is 191 g/mol. The highest BCUT2D eigenvalue weighted by atomic mass is 16.5. The molecule has 1 aromatic carbocycles. The number of esters is 1. The lowest BCUT2D eigenvalue weighted by Crippen LogP contribution is -2.05. The van der Waals surface area contributed by atoms with Crippen LogP contribution < -0.4 is 5.32 Å². The van der Waals surface area contributed by atoms with Crippen LogP contribution in [0.5, 0.6) is 0 Å². The Hall–Kier alpha value is -1.51. The van der Waals surface area contributed by atoms with Crippen molar-refractivity contribution in [3.63, 3.8) is 0 Å². The zero-order chi connectivity index (χ0) is 9.97. The first kappa shape index (κ1) is 9.06. The van der Waals surface area contributed by atoms with Gasteiger partial charge in [0.25, 0.3) is 0 Å². The summed E-state index contributed by atoms with van der Waals surface area (Å²) in [6, 6.07) is 5.68. The second kappa shape index (κ2) is 3.70. The van der Waals surface area contributed by atoms with E-state index in [0.29, 0.717) is 12.2 Å². The zero-order valence-electron chi connectivity index (χ0n) is 8.17. The largest absolute Gasteiger partial charge is 0.462 e. The zero-order valence-corrected chi connectivity index (χ0v) is 8.17. The molecule has 3 heteroatoms. The van der Waals surface area contributed by atoms with Crippen LogP contribution in [0.2, 0.25) is 0 Å². The summed E-state index contributed by atoms with van der Waals surface area (Å²) >= 11 is 0. The molecule has 0 radical (unpaired) electrons. The van der Waals surface area contributed by atoms with Gasteiger partial charge in [-0.2, -0.15) is 0 Å². The molecule has 0 bridgehead atoms. The van der Waals surface area contributed by atoms with Gasteiger partial charge >= 0.3 is 5.97 Å². The summed E-state index contributed by atoms with van der Waals surface area (Å²) in [5, 5.41) is 3.10. The Morgan fingerprint density at radius 1 is 1.43 bits per heavy atom. The van der Waals surface area contributed by atoms with Gasteiger partial charge in [0.1, 0.15) is 0 Å². The normalized spacial score (nSPS) is 15.4. The van der Waals surface area contributed by atoms with Gasteiger partial charge in [0, 0.05) is 12.7 Å². The van der Waals surface area contributed by atoms with E-state index in [2.05, 4.69) is 5.32 Å². The molecule has 0 atom stereocenters. The maximum absolute atomic E-state index is 11.5. The summed E-state index contributed by atoms with van der Waals surface area (Å²) in [5.41, 5.74) is 2.81. The van der Waals surface area contributed by atoms with Crippen LogP contribution >= 0.6 is 0 Å². The Labute approximate surface area is 83.1 Å². The molecule has 0 unspecified atom stereocenters. The third-order valence-corrected chi connectivity index (χ3v) is 2.47. The molecular weight excluding hydrogens is 178 g/mol. The summed E-state index contributed by atoms with van der Waals surface area (Å²) in [6.45, 7) is 0.524. The van der Waals surface area contributed by atoms with Crippen molar-refractivity contribution in [1.29, 1.82) is 0 Å². The second-order valence-corrected chi connectivity index (χ2v) is 3.32. The minimum absolute atomic E-state index is 0.199. The molecule has 14 heavy (non-hydrogen) atoms. The Bertz CT molecular complexity index is 360. The molecule has 0 spiro atoms. The van der Waals surface area contributed by atoms with Crippen molar-refractivity contribution in [1.82, 2.24) is 0 Å². The molecule has 3 nitrogen and oxygen atoms in total. The van der Waals surface area contributed by atoms with E-state index in [-0.39, 0.29) is 5.97 Å². The summed E-state index contributed by atoms with van der Waals surface area (Å²) in [5.74, 6) is -0.199. The molecule has 0 aromatic heterocycles. The van der Waals surface area contributed by atoms with E-state index in [9.17, 15) is 4.79 Å². The van der Waals surface area contributed by atoms with E-state index in [1.165, 1.54) is 0 Å². The Kier molecular flexibility index (Phi) is 2.39. The topological polar surface area (TPSA) is 38.3 Å². The highest BCUT2D eigenvalue weighted by molar-refractivity contribution is 5.93. The van der Waals surface area contributed by atoms with Gasteiger partial charge in [-0.15, -0.1) is 0 Å². The van der Waals surface area contributed by atoms with Gasteiger partial charge in [-0.3, -0.25) is 0 Å². The summed E-state index contributed by atoms with van der Waals surface area (Å²) in [6.07, 6.45) is 1.80. The number of ether oxygens (including phenoxy) is 1. The summed E-state index contributed by atoms with van der Waals surface area (Å²) < 4.78 is 5.06. The molecule has 0 amide bonds. The molecule has 2 rings (SSSR count). The average Bonchev–Trinajstić information content (AvgIpc) is 2.41. The number of rotatable bonds is 1. The molecule has 1 N–H and O–H groups in total. The summed E-state index contributed by atoms with van der Waals surface area (Å²) in [7, 11) is 1.87. The molecule has 0 fully saturated rings. The predicted octanol–water partition coefficient (Wildman–Crippen LogP) is 1.83. The fraction of sp³-hybridized carbons (Fsp3) is 0.364. The van der Waals surface area contributed by atoms with Crippen LogP contribution in [0.25, 0.3) is 0 Å². The van der Waals surface area contributed by atoms with Crippen LogP contribution in [-0.4, -0.2) is 19.6 Å². The molecule has 74 valence electrons. The van der Waals surface area contributed by atoms with Crippen LogP contribution in [0.1, 0.15) is 22.3 Å². The fourth-order valence-corrected chi connectivity index (χ4v) is 1.77. The van der Waals surface area contributed by atoms with Gasteiger partial charge in [0.15, 0.2) is 0 Å². The molecule has 1 aliphatic rings. The fourth-order valence-electron chi connectivity index (χ4n) is 1.77. The number of hydrogen-bond acceptors (Lipinski definition) is 3. The van der Waals surface area contributed by atoms with Crippen LogP contribution in [-0.2, 0) is 11.2 Å². The molecule has 0 saturated carbocycles. The van der Waals surface area contributed by atoms with E-state index in [0.717, 1.165) is 24.1 Å². The number of carbonyl (C=O) groups is 1. The van der Waals surface area contributed by atoms with Gasteiger partial charge in [-0.05, 0) is 30.5 Å². The maximum atomic E-state index is 11.5.